The molecule has 7 heteroatoms. The molecule has 4 rings (SSSR count). The summed E-state index contributed by atoms with van der Waals surface area (Å²) in [5.41, 5.74) is 2.03. The lowest BCUT2D eigenvalue weighted by molar-refractivity contribution is 0.0987. The number of rotatable bonds is 6. The van der Waals surface area contributed by atoms with E-state index in [0.29, 0.717) is 22.8 Å². The predicted molar refractivity (Wildman–Crippen MR) is 122 cm³/mol. The van der Waals surface area contributed by atoms with Gasteiger partial charge in [-0.15, -0.1) is 23.1 Å². The maximum Gasteiger partial charge on any atom is 0.260 e. The van der Waals surface area contributed by atoms with Gasteiger partial charge in [-0.25, -0.2) is 4.98 Å². The van der Waals surface area contributed by atoms with Crippen molar-refractivity contribution >= 4 is 55.7 Å². The Morgan fingerprint density at radius 3 is 2.69 bits per heavy atom. The number of anilines is 1. The Labute approximate surface area is 181 Å². The van der Waals surface area contributed by atoms with Gasteiger partial charge in [0.2, 0.25) is 0 Å². The summed E-state index contributed by atoms with van der Waals surface area (Å²) in [4.78, 5) is 22.3. The molecule has 1 amide bonds. The van der Waals surface area contributed by atoms with Crippen LogP contribution in [0, 0.1) is 11.3 Å². The van der Waals surface area contributed by atoms with Gasteiger partial charge in [-0.05, 0) is 60.5 Å². The fourth-order valence-electron chi connectivity index (χ4n) is 3.00. The standard InChI is InChI=1S/C22H17N3OS3/c1-27-18-5-2-6-19-20(18)24-22(29-19)25(12-11-17-4-3-13-28-17)21(26)16-9-7-15(14-23)8-10-16/h2-10,13H,11-12H2,1H3. The number of carbonyl (C=O) groups is 1. The second kappa shape index (κ2) is 8.78. The average Bonchev–Trinajstić information content (AvgIpc) is 3.43. The first-order valence-corrected chi connectivity index (χ1v) is 11.9. The van der Waals surface area contributed by atoms with Crippen molar-refractivity contribution in [1.82, 2.24) is 4.98 Å². The Morgan fingerprint density at radius 1 is 1.17 bits per heavy atom. The Hall–Kier alpha value is -2.66. The first-order valence-electron chi connectivity index (χ1n) is 8.97. The summed E-state index contributed by atoms with van der Waals surface area (Å²) < 4.78 is 1.07. The zero-order valence-corrected chi connectivity index (χ0v) is 18.1. The summed E-state index contributed by atoms with van der Waals surface area (Å²) in [5.74, 6) is -0.101. The van der Waals surface area contributed by atoms with Gasteiger partial charge in [0, 0.05) is 21.9 Å². The minimum Gasteiger partial charge on any atom is -0.284 e. The van der Waals surface area contributed by atoms with E-state index >= 15 is 0 Å². The number of benzene rings is 2. The van der Waals surface area contributed by atoms with E-state index in [9.17, 15) is 4.79 Å². The van der Waals surface area contributed by atoms with Crippen molar-refractivity contribution in [3.05, 3.63) is 76.0 Å². The summed E-state index contributed by atoms with van der Waals surface area (Å²) in [6.07, 6.45) is 2.80. The van der Waals surface area contributed by atoms with E-state index in [1.165, 1.54) is 16.2 Å². The highest BCUT2D eigenvalue weighted by atomic mass is 32.2. The molecule has 0 fully saturated rings. The Balaban J connectivity index is 1.71. The van der Waals surface area contributed by atoms with E-state index < -0.39 is 0 Å². The van der Waals surface area contributed by atoms with Crippen LogP contribution in [0.4, 0.5) is 5.13 Å². The topological polar surface area (TPSA) is 57.0 Å². The van der Waals surface area contributed by atoms with Crippen molar-refractivity contribution in [3.63, 3.8) is 0 Å². The highest BCUT2D eigenvalue weighted by molar-refractivity contribution is 7.98. The second-order valence-corrected chi connectivity index (χ2v) is 9.17. The number of fused-ring (bicyclic) bond motifs is 1. The van der Waals surface area contributed by atoms with E-state index in [1.54, 1.807) is 52.3 Å². The Morgan fingerprint density at radius 2 is 2.00 bits per heavy atom. The molecule has 0 spiro atoms. The third-order valence-corrected chi connectivity index (χ3v) is 7.24. The molecule has 0 N–H and O–H groups in total. The molecule has 0 unspecified atom stereocenters. The van der Waals surface area contributed by atoms with E-state index in [1.807, 2.05) is 29.8 Å². The lowest BCUT2D eigenvalue weighted by Gasteiger charge is -2.19. The molecule has 0 saturated carbocycles. The third kappa shape index (κ3) is 4.20. The van der Waals surface area contributed by atoms with Gasteiger partial charge in [0.05, 0.1) is 21.8 Å². The molecule has 0 bridgehead atoms. The molecule has 4 aromatic rings. The molecule has 144 valence electrons. The summed E-state index contributed by atoms with van der Waals surface area (Å²) >= 11 is 4.88. The fraction of sp³-hybridized carbons (Fsp3) is 0.136. The highest BCUT2D eigenvalue weighted by Crippen LogP contribution is 2.34. The molecule has 2 aromatic carbocycles. The number of thiophene rings is 1. The van der Waals surface area contributed by atoms with E-state index in [2.05, 4.69) is 18.2 Å². The van der Waals surface area contributed by atoms with Gasteiger partial charge in [-0.2, -0.15) is 5.26 Å². The van der Waals surface area contributed by atoms with Crippen LogP contribution in [0.3, 0.4) is 0 Å². The van der Waals surface area contributed by atoms with Gasteiger partial charge in [-0.3, -0.25) is 9.69 Å². The normalized spacial score (nSPS) is 10.8. The summed E-state index contributed by atoms with van der Waals surface area (Å²) in [6, 6.07) is 19.1. The van der Waals surface area contributed by atoms with Gasteiger partial charge in [0.25, 0.3) is 5.91 Å². The molecule has 0 radical (unpaired) electrons. The molecule has 0 aliphatic rings. The maximum atomic E-state index is 13.3. The van der Waals surface area contributed by atoms with E-state index in [0.717, 1.165) is 21.5 Å². The number of nitriles is 1. The summed E-state index contributed by atoms with van der Waals surface area (Å²) in [7, 11) is 0. The molecule has 29 heavy (non-hydrogen) atoms. The lowest BCUT2D eigenvalue weighted by atomic mass is 10.1. The molecule has 0 aliphatic carbocycles. The van der Waals surface area contributed by atoms with Gasteiger partial charge in [0.15, 0.2) is 5.13 Å². The average molecular weight is 436 g/mol. The SMILES string of the molecule is CSc1cccc2sc(N(CCc3cccs3)C(=O)c3ccc(C#N)cc3)nc12. The summed E-state index contributed by atoms with van der Waals surface area (Å²) in [5, 5.41) is 11.8. The predicted octanol–water partition coefficient (Wildman–Crippen LogP) is 5.84. The molecular formula is C22H17N3OS3. The number of thioether (sulfide) groups is 1. The van der Waals surface area contributed by atoms with Crippen molar-refractivity contribution in [1.29, 1.82) is 5.26 Å². The summed E-state index contributed by atoms with van der Waals surface area (Å²) in [6.45, 7) is 0.549. The number of hydrogen-bond donors (Lipinski definition) is 0. The largest absolute Gasteiger partial charge is 0.284 e. The van der Waals surface area contributed by atoms with Crippen molar-refractivity contribution < 1.29 is 4.79 Å². The third-order valence-electron chi connectivity index (χ3n) is 4.49. The highest BCUT2D eigenvalue weighted by Gasteiger charge is 2.22. The minimum absolute atomic E-state index is 0.101. The molecule has 0 atom stereocenters. The van der Waals surface area contributed by atoms with Crippen LogP contribution in [0.2, 0.25) is 0 Å². The number of hydrogen-bond acceptors (Lipinski definition) is 6. The monoisotopic (exact) mass is 435 g/mol. The van der Waals surface area contributed by atoms with E-state index in [4.69, 9.17) is 10.2 Å². The van der Waals surface area contributed by atoms with Crippen LogP contribution >= 0.6 is 34.4 Å². The van der Waals surface area contributed by atoms with Crippen LogP contribution < -0.4 is 4.90 Å². The van der Waals surface area contributed by atoms with Gasteiger partial charge < -0.3 is 0 Å². The number of carbonyl (C=O) groups excluding carboxylic acids is 1. The van der Waals surface area contributed by atoms with Crippen LogP contribution in [-0.4, -0.2) is 23.7 Å². The molecule has 0 aliphatic heterocycles. The quantitative estimate of drug-likeness (QED) is 0.357. The minimum atomic E-state index is -0.101. The second-order valence-electron chi connectivity index (χ2n) is 6.28. The molecule has 0 saturated heterocycles. The maximum absolute atomic E-state index is 13.3. The van der Waals surface area contributed by atoms with Gasteiger partial charge in [-0.1, -0.05) is 23.5 Å². The van der Waals surface area contributed by atoms with Crippen LogP contribution in [0.1, 0.15) is 20.8 Å². The van der Waals surface area contributed by atoms with Crippen molar-refractivity contribution in [3.8, 4) is 6.07 Å². The zero-order valence-electron chi connectivity index (χ0n) is 15.7. The Bertz CT molecular complexity index is 1170. The number of para-hydroxylation sites is 1. The Kier molecular flexibility index (Phi) is 5.95. The number of nitrogens with zero attached hydrogens (tertiary/aromatic N) is 3. The first-order chi connectivity index (χ1) is 14.2. The van der Waals surface area contributed by atoms with Crippen LogP contribution in [0.5, 0.6) is 0 Å². The molecule has 2 heterocycles. The molecule has 4 nitrogen and oxygen atoms in total. The number of thiazole rings is 1. The number of amides is 1. The van der Waals surface area contributed by atoms with Crippen LogP contribution in [-0.2, 0) is 6.42 Å². The lowest BCUT2D eigenvalue weighted by Crippen LogP contribution is -2.32. The van der Waals surface area contributed by atoms with E-state index in [-0.39, 0.29) is 5.91 Å². The van der Waals surface area contributed by atoms with Gasteiger partial charge >= 0.3 is 0 Å². The van der Waals surface area contributed by atoms with Crippen LogP contribution in [0.15, 0.2) is 64.9 Å². The van der Waals surface area contributed by atoms with Crippen LogP contribution in [0.25, 0.3) is 10.2 Å². The van der Waals surface area contributed by atoms with Gasteiger partial charge in [0.1, 0.15) is 0 Å². The van der Waals surface area contributed by atoms with Crippen molar-refractivity contribution in [2.75, 3.05) is 17.7 Å². The fourth-order valence-corrected chi connectivity index (χ4v) is 5.34. The van der Waals surface area contributed by atoms with Crippen molar-refractivity contribution in [2.45, 2.75) is 11.3 Å². The smallest absolute Gasteiger partial charge is 0.260 e. The van der Waals surface area contributed by atoms with Crippen molar-refractivity contribution in [2.24, 2.45) is 0 Å². The molecular weight excluding hydrogens is 418 g/mol. The number of aromatic nitrogens is 1. The first kappa shape index (κ1) is 19.6. The molecule has 2 aromatic heterocycles. The zero-order chi connectivity index (χ0) is 20.2.